The molecule has 0 atom stereocenters. The average molecular weight is 193 g/mol. The molecule has 0 aliphatic carbocycles. The molecule has 0 heterocycles. The fraction of sp³-hybridized carbons (Fsp3) is 0.500. The monoisotopic (exact) mass is 192 g/mol. The van der Waals surface area contributed by atoms with Gasteiger partial charge < -0.3 is 5.11 Å². The second-order valence-corrected chi connectivity index (χ2v) is 2.19. The van der Waals surface area contributed by atoms with Crippen molar-refractivity contribution < 1.29 is 9.90 Å². The van der Waals surface area contributed by atoms with E-state index in [2.05, 4.69) is 15.9 Å². The summed E-state index contributed by atoms with van der Waals surface area (Å²) in [4.78, 5) is 10.0. The summed E-state index contributed by atoms with van der Waals surface area (Å²) in [5.74, 6) is -0.869. The van der Waals surface area contributed by atoms with Gasteiger partial charge in [0.1, 0.15) is 0 Å². The summed E-state index contributed by atoms with van der Waals surface area (Å²) in [7, 11) is 0. The Labute approximate surface area is 62.7 Å². The zero-order valence-corrected chi connectivity index (χ0v) is 6.81. The van der Waals surface area contributed by atoms with Gasteiger partial charge in [-0.3, -0.25) is 0 Å². The van der Waals surface area contributed by atoms with Gasteiger partial charge in [0.15, 0.2) is 0 Å². The highest BCUT2D eigenvalue weighted by Crippen LogP contribution is 2.03. The van der Waals surface area contributed by atoms with Gasteiger partial charge in [0, 0.05) is 11.4 Å². The van der Waals surface area contributed by atoms with Crippen molar-refractivity contribution in [3.05, 3.63) is 11.6 Å². The molecule has 0 aromatic rings. The van der Waals surface area contributed by atoms with Gasteiger partial charge in [0.2, 0.25) is 0 Å². The molecular formula is C6H9BrO2. The fourth-order valence-corrected chi connectivity index (χ4v) is 0.968. The van der Waals surface area contributed by atoms with E-state index in [0.29, 0.717) is 5.33 Å². The van der Waals surface area contributed by atoms with Crippen LogP contribution in [0.1, 0.15) is 13.3 Å². The van der Waals surface area contributed by atoms with Crippen molar-refractivity contribution in [2.75, 3.05) is 5.33 Å². The summed E-state index contributed by atoms with van der Waals surface area (Å²) in [5, 5.41) is 8.90. The average Bonchev–Trinajstić information content (AvgIpc) is 1.82. The second-order valence-electron chi connectivity index (χ2n) is 1.63. The standard InChI is InChI=1S/C6H9BrO2/c1-2-5(4-7)3-6(8)9/h3H,2,4H2,1H3,(H,8,9)/b5-3+. The minimum atomic E-state index is -0.869. The smallest absolute Gasteiger partial charge is 0.328 e. The maximum absolute atomic E-state index is 10.0. The highest BCUT2D eigenvalue weighted by atomic mass is 79.9. The van der Waals surface area contributed by atoms with Crippen molar-refractivity contribution in [2.45, 2.75) is 13.3 Å². The SMILES string of the molecule is CC/C(=C\C(=O)O)CBr. The third kappa shape index (κ3) is 4.21. The van der Waals surface area contributed by atoms with Crippen LogP contribution in [-0.4, -0.2) is 16.4 Å². The number of halogens is 1. The van der Waals surface area contributed by atoms with Crippen molar-refractivity contribution in [2.24, 2.45) is 0 Å². The van der Waals surface area contributed by atoms with Crippen LogP contribution in [0.3, 0.4) is 0 Å². The van der Waals surface area contributed by atoms with E-state index in [1.807, 2.05) is 6.92 Å². The number of rotatable bonds is 3. The molecule has 0 unspecified atom stereocenters. The topological polar surface area (TPSA) is 37.3 Å². The summed E-state index contributed by atoms with van der Waals surface area (Å²) < 4.78 is 0. The van der Waals surface area contributed by atoms with Crippen LogP contribution >= 0.6 is 15.9 Å². The summed E-state index contributed by atoms with van der Waals surface area (Å²) in [6.45, 7) is 1.93. The molecule has 0 saturated heterocycles. The molecule has 0 saturated carbocycles. The molecule has 1 N–H and O–H groups in total. The zero-order valence-electron chi connectivity index (χ0n) is 5.22. The molecule has 3 heteroatoms. The summed E-state index contributed by atoms with van der Waals surface area (Å²) >= 11 is 3.17. The van der Waals surface area contributed by atoms with Gasteiger partial charge in [-0.1, -0.05) is 28.4 Å². The molecule has 52 valence electrons. The number of allylic oxidation sites excluding steroid dienone is 1. The fourth-order valence-electron chi connectivity index (χ4n) is 0.410. The van der Waals surface area contributed by atoms with Crippen molar-refractivity contribution in [3.63, 3.8) is 0 Å². The molecule has 0 fully saturated rings. The molecule has 0 aliphatic heterocycles. The molecule has 0 amide bonds. The zero-order chi connectivity index (χ0) is 7.28. The minimum absolute atomic E-state index is 0.649. The van der Waals surface area contributed by atoms with E-state index in [4.69, 9.17) is 5.11 Å². The van der Waals surface area contributed by atoms with Gasteiger partial charge in [-0.15, -0.1) is 0 Å². The van der Waals surface area contributed by atoms with Crippen LogP contribution in [0.4, 0.5) is 0 Å². The number of carbonyl (C=O) groups is 1. The Morgan fingerprint density at radius 2 is 2.33 bits per heavy atom. The van der Waals surface area contributed by atoms with Crippen molar-refractivity contribution in [3.8, 4) is 0 Å². The predicted molar refractivity (Wildman–Crippen MR) is 39.8 cm³/mol. The molecule has 0 aliphatic rings. The summed E-state index contributed by atoms with van der Waals surface area (Å²) in [6.07, 6.45) is 2.02. The van der Waals surface area contributed by atoms with Crippen LogP contribution in [0.5, 0.6) is 0 Å². The van der Waals surface area contributed by atoms with E-state index in [1.54, 1.807) is 0 Å². The van der Waals surface area contributed by atoms with Crippen LogP contribution < -0.4 is 0 Å². The van der Waals surface area contributed by atoms with Crippen LogP contribution in [0.15, 0.2) is 11.6 Å². The number of hydrogen-bond donors (Lipinski definition) is 1. The Balaban J connectivity index is 3.91. The van der Waals surface area contributed by atoms with E-state index >= 15 is 0 Å². The van der Waals surface area contributed by atoms with Crippen LogP contribution in [0.2, 0.25) is 0 Å². The lowest BCUT2D eigenvalue weighted by Crippen LogP contribution is -1.91. The highest BCUT2D eigenvalue weighted by Gasteiger charge is 1.93. The molecule has 0 aromatic heterocycles. The van der Waals surface area contributed by atoms with E-state index in [0.717, 1.165) is 12.0 Å². The first-order valence-electron chi connectivity index (χ1n) is 2.69. The van der Waals surface area contributed by atoms with Crippen molar-refractivity contribution in [1.82, 2.24) is 0 Å². The van der Waals surface area contributed by atoms with Gasteiger partial charge >= 0.3 is 5.97 Å². The normalized spacial score (nSPS) is 11.6. The number of carboxylic acid groups (broad SMARTS) is 1. The summed E-state index contributed by atoms with van der Waals surface area (Å²) in [6, 6.07) is 0. The lowest BCUT2D eigenvalue weighted by atomic mass is 10.2. The first-order chi connectivity index (χ1) is 4.20. The maximum atomic E-state index is 10.0. The predicted octanol–water partition coefficient (Wildman–Crippen LogP) is 1.80. The lowest BCUT2D eigenvalue weighted by molar-refractivity contribution is -0.131. The van der Waals surface area contributed by atoms with E-state index in [1.165, 1.54) is 6.08 Å². The van der Waals surface area contributed by atoms with Gasteiger partial charge in [-0.05, 0) is 6.42 Å². The van der Waals surface area contributed by atoms with Crippen LogP contribution in [-0.2, 0) is 4.79 Å². The van der Waals surface area contributed by atoms with Crippen LogP contribution in [0, 0.1) is 0 Å². The second kappa shape index (κ2) is 4.56. The molecule has 0 radical (unpaired) electrons. The Bertz CT molecular complexity index is 123. The van der Waals surface area contributed by atoms with Gasteiger partial charge in [0.05, 0.1) is 0 Å². The highest BCUT2D eigenvalue weighted by molar-refractivity contribution is 9.09. The van der Waals surface area contributed by atoms with Crippen molar-refractivity contribution >= 4 is 21.9 Å². The van der Waals surface area contributed by atoms with Gasteiger partial charge in [-0.2, -0.15) is 0 Å². The Morgan fingerprint density at radius 3 is 2.44 bits per heavy atom. The Morgan fingerprint density at radius 1 is 1.78 bits per heavy atom. The van der Waals surface area contributed by atoms with E-state index in [9.17, 15) is 4.79 Å². The molecule has 0 spiro atoms. The molecule has 2 nitrogen and oxygen atoms in total. The molecule has 0 rings (SSSR count). The lowest BCUT2D eigenvalue weighted by Gasteiger charge is -1.93. The number of carboxylic acids is 1. The van der Waals surface area contributed by atoms with Crippen LogP contribution in [0.25, 0.3) is 0 Å². The Hall–Kier alpha value is -0.310. The van der Waals surface area contributed by atoms with E-state index in [-0.39, 0.29) is 0 Å². The minimum Gasteiger partial charge on any atom is -0.478 e. The maximum Gasteiger partial charge on any atom is 0.328 e. The number of hydrogen-bond acceptors (Lipinski definition) is 1. The largest absolute Gasteiger partial charge is 0.478 e. The quantitative estimate of drug-likeness (QED) is 0.548. The van der Waals surface area contributed by atoms with E-state index < -0.39 is 5.97 Å². The molecule has 0 aromatic carbocycles. The third-order valence-electron chi connectivity index (χ3n) is 0.953. The van der Waals surface area contributed by atoms with Gasteiger partial charge in [-0.25, -0.2) is 4.79 Å². The number of aliphatic carboxylic acids is 1. The van der Waals surface area contributed by atoms with Crippen molar-refractivity contribution in [1.29, 1.82) is 0 Å². The molecule has 0 bridgehead atoms. The third-order valence-corrected chi connectivity index (χ3v) is 1.67. The molecule has 9 heavy (non-hydrogen) atoms. The number of alkyl halides is 1. The first-order valence-corrected chi connectivity index (χ1v) is 3.81. The molecular weight excluding hydrogens is 184 g/mol. The first kappa shape index (κ1) is 8.69. The summed E-state index contributed by atoms with van der Waals surface area (Å²) in [5.41, 5.74) is 0.905. The van der Waals surface area contributed by atoms with Gasteiger partial charge in [0.25, 0.3) is 0 Å². The Kier molecular flexibility index (Phi) is 4.40.